The molecule has 1 heterocycles. The average Bonchev–Trinajstić information content (AvgIpc) is 2.92. The Morgan fingerprint density at radius 2 is 2.50 bits per heavy atom. The SMILES string of the molecule is Cn1cnc(CCNC(=O)C2CC2)n1. The second-order valence-electron chi connectivity index (χ2n) is 3.65. The van der Waals surface area contributed by atoms with Gasteiger partial charge in [-0.05, 0) is 12.8 Å². The zero-order chi connectivity index (χ0) is 9.97. The maximum atomic E-state index is 11.2. The molecule has 0 unspecified atom stereocenters. The minimum absolute atomic E-state index is 0.181. The van der Waals surface area contributed by atoms with Gasteiger partial charge in [0, 0.05) is 25.9 Å². The molecule has 1 aliphatic carbocycles. The lowest BCUT2D eigenvalue weighted by Gasteiger charge is -2.00. The van der Waals surface area contributed by atoms with Gasteiger partial charge in [-0.1, -0.05) is 0 Å². The Morgan fingerprint density at radius 1 is 1.71 bits per heavy atom. The van der Waals surface area contributed by atoms with Crippen molar-refractivity contribution in [3.63, 3.8) is 0 Å². The summed E-state index contributed by atoms with van der Waals surface area (Å²) >= 11 is 0. The highest BCUT2D eigenvalue weighted by Gasteiger charge is 2.28. The Hall–Kier alpha value is -1.39. The molecule has 1 aromatic rings. The average molecular weight is 194 g/mol. The van der Waals surface area contributed by atoms with Gasteiger partial charge in [-0.25, -0.2) is 4.98 Å². The van der Waals surface area contributed by atoms with E-state index in [1.54, 1.807) is 11.0 Å². The normalized spacial score (nSPS) is 15.5. The lowest BCUT2D eigenvalue weighted by molar-refractivity contribution is -0.122. The summed E-state index contributed by atoms with van der Waals surface area (Å²) in [6.45, 7) is 0.638. The van der Waals surface area contributed by atoms with Crippen LogP contribution in [0.15, 0.2) is 6.33 Å². The fourth-order valence-electron chi connectivity index (χ4n) is 1.29. The molecule has 1 aliphatic rings. The number of carbonyl (C=O) groups excluding carboxylic acids is 1. The summed E-state index contributed by atoms with van der Waals surface area (Å²) in [6, 6.07) is 0. The van der Waals surface area contributed by atoms with Crippen LogP contribution in [0.4, 0.5) is 0 Å². The summed E-state index contributed by atoms with van der Waals surface area (Å²) < 4.78 is 1.66. The van der Waals surface area contributed by atoms with Crippen LogP contribution >= 0.6 is 0 Å². The molecule has 0 aliphatic heterocycles. The predicted molar refractivity (Wildman–Crippen MR) is 50.4 cm³/mol. The lowest BCUT2D eigenvalue weighted by Crippen LogP contribution is -2.27. The number of hydrogen-bond acceptors (Lipinski definition) is 3. The third-order valence-corrected chi connectivity index (χ3v) is 2.24. The molecule has 2 rings (SSSR count). The van der Waals surface area contributed by atoms with Crippen molar-refractivity contribution in [2.24, 2.45) is 13.0 Å². The topological polar surface area (TPSA) is 59.8 Å². The maximum Gasteiger partial charge on any atom is 0.223 e. The van der Waals surface area contributed by atoms with Gasteiger partial charge in [0.25, 0.3) is 0 Å². The van der Waals surface area contributed by atoms with Crippen molar-refractivity contribution >= 4 is 5.91 Å². The minimum Gasteiger partial charge on any atom is -0.355 e. The fraction of sp³-hybridized carbons (Fsp3) is 0.667. The molecule has 0 bridgehead atoms. The lowest BCUT2D eigenvalue weighted by atomic mass is 10.3. The van der Waals surface area contributed by atoms with E-state index in [0.717, 1.165) is 18.7 Å². The van der Waals surface area contributed by atoms with Gasteiger partial charge in [0.05, 0.1) is 0 Å². The molecule has 76 valence electrons. The summed E-state index contributed by atoms with van der Waals surface area (Å²) in [5, 5.41) is 7.00. The van der Waals surface area contributed by atoms with Crippen LogP contribution in [0.1, 0.15) is 18.7 Å². The van der Waals surface area contributed by atoms with Gasteiger partial charge in [-0.3, -0.25) is 9.48 Å². The highest BCUT2D eigenvalue weighted by atomic mass is 16.2. The Morgan fingerprint density at radius 3 is 3.07 bits per heavy atom. The van der Waals surface area contributed by atoms with Crippen LogP contribution < -0.4 is 5.32 Å². The molecule has 1 N–H and O–H groups in total. The summed E-state index contributed by atoms with van der Waals surface area (Å²) in [5.74, 6) is 1.25. The van der Waals surface area contributed by atoms with Crippen molar-refractivity contribution in [1.82, 2.24) is 20.1 Å². The molecule has 14 heavy (non-hydrogen) atoms. The van der Waals surface area contributed by atoms with Gasteiger partial charge in [0.15, 0.2) is 5.82 Å². The number of carbonyl (C=O) groups is 1. The van der Waals surface area contributed by atoms with Crippen molar-refractivity contribution < 1.29 is 4.79 Å². The van der Waals surface area contributed by atoms with Crippen molar-refractivity contribution in [1.29, 1.82) is 0 Å². The van der Waals surface area contributed by atoms with Crippen molar-refractivity contribution in [2.45, 2.75) is 19.3 Å². The second kappa shape index (κ2) is 3.77. The van der Waals surface area contributed by atoms with Crippen LogP contribution in [-0.4, -0.2) is 27.2 Å². The van der Waals surface area contributed by atoms with Gasteiger partial charge in [-0.15, -0.1) is 0 Å². The number of nitrogens with zero attached hydrogens (tertiary/aromatic N) is 3. The third-order valence-electron chi connectivity index (χ3n) is 2.24. The Balaban J connectivity index is 1.69. The second-order valence-corrected chi connectivity index (χ2v) is 3.65. The molecule has 1 saturated carbocycles. The zero-order valence-electron chi connectivity index (χ0n) is 8.23. The number of amides is 1. The van der Waals surface area contributed by atoms with Crippen molar-refractivity contribution in [3.05, 3.63) is 12.2 Å². The quantitative estimate of drug-likeness (QED) is 0.727. The molecule has 0 aromatic carbocycles. The van der Waals surface area contributed by atoms with E-state index in [2.05, 4.69) is 15.4 Å². The van der Waals surface area contributed by atoms with Crippen molar-refractivity contribution in [2.75, 3.05) is 6.54 Å². The molecule has 0 atom stereocenters. The van der Waals surface area contributed by atoms with E-state index in [0.29, 0.717) is 13.0 Å². The first-order valence-corrected chi connectivity index (χ1v) is 4.88. The van der Waals surface area contributed by atoms with E-state index < -0.39 is 0 Å². The Bertz CT molecular complexity index is 329. The highest BCUT2D eigenvalue weighted by Crippen LogP contribution is 2.28. The number of rotatable bonds is 4. The van der Waals surface area contributed by atoms with E-state index in [4.69, 9.17) is 0 Å². The molecule has 5 heteroatoms. The van der Waals surface area contributed by atoms with Crippen LogP contribution in [0, 0.1) is 5.92 Å². The first-order valence-electron chi connectivity index (χ1n) is 4.88. The highest BCUT2D eigenvalue weighted by molar-refractivity contribution is 5.80. The summed E-state index contributed by atoms with van der Waals surface area (Å²) in [5.41, 5.74) is 0. The maximum absolute atomic E-state index is 11.2. The van der Waals surface area contributed by atoms with Gasteiger partial charge in [0.2, 0.25) is 5.91 Å². The van der Waals surface area contributed by atoms with Crippen LogP contribution in [0.25, 0.3) is 0 Å². The largest absolute Gasteiger partial charge is 0.355 e. The zero-order valence-corrected chi connectivity index (χ0v) is 8.23. The molecule has 5 nitrogen and oxygen atoms in total. The van der Waals surface area contributed by atoms with Crippen LogP contribution in [0.2, 0.25) is 0 Å². The summed E-state index contributed by atoms with van der Waals surface area (Å²) in [7, 11) is 1.83. The Labute approximate surface area is 82.5 Å². The molecule has 0 spiro atoms. The monoisotopic (exact) mass is 194 g/mol. The predicted octanol–water partition coefficient (Wildman–Crippen LogP) is -0.116. The van der Waals surface area contributed by atoms with Crippen LogP contribution in [0.5, 0.6) is 0 Å². The molecule has 0 radical (unpaired) electrons. The molecular formula is C9H14N4O. The molecule has 1 amide bonds. The molecule has 0 saturated heterocycles. The number of hydrogen-bond donors (Lipinski definition) is 1. The fourth-order valence-corrected chi connectivity index (χ4v) is 1.29. The van der Waals surface area contributed by atoms with E-state index in [1.807, 2.05) is 7.05 Å². The number of nitrogens with one attached hydrogen (secondary N) is 1. The summed E-state index contributed by atoms with van der Waals surface area (Å²) in [4.78, 5) is 15.3. The first kappa shape index (κ1) is 9.18. The smallest absolute Gasteiger partial charge is 0.223 e. The van der Waals surface area contributed by atoms with Crippen LogP contribution in [0.3, 0.4) is 0 Å². The van der Waals surface area contributed by atoms with Gasteiger partial charge in [0.1, 0.15) is 6.33 Å². The van der Waals surface area contributed by atoms with Crippen LogP contribution in [-0.2, 0) is 18.3 Å². The summed E-state index contributed by atoms with van der Waals surface area (Å²) in [6.07, 6.45) is 4.47. The van der Waals surface area contributed by atoms with E-state index >= 15 is 0 Å². The number of aromatic nitrogens is 3. The van der Waals surface area contributed by atoms with Gasteiger partial charge < -0.3 is 5.32 Å². The molecule has 1 aromatic heterocycles. The Kier molecular flexibility index (Phi) is 2.47. The van der Waals surface area contributed by atoms with E-state index in [9.17, 15) is 4.79 Å². The van der Waals surface area contributed by atoms with Gasteiger partial charge in [-0.2, -0.15) is 5.10 Å². The minimum atomic E-state index is 0.181. The van der Waals surface area contributed by atoms with Crippen molar-refractivity contribution in [3.8, 4) is 0 Å². The number of aryl methyl sites for hydroxylation is 1. The van der Waals surface area contributed by atoms with E-state index in [-0.39, 0.29) is 11.8 Å². The third kappa shape index (κ3) is 2.31. The first-order chi connectivity index (χ1) is 6.75. The van der Waals surface area contributed by atoms with Gasteiger partial charge >= 0.3 is 0 Å². The molecule has 1 fully saturated rings. The standard InChI is InChI=1S/C9H14N4O/c1-13-6-11-8(12-13)4-5-10-9(14)7-2-3-7/h6-7H,2-5H2,1H3,(H,10,14). The molecular weight excluding hydrogens is 180 g/mol. The van der Waals surface area contributed by atoms with E-state index in [1.165, 1.54) is 0 Å².